The number of amides is 2. The zero-order valence-corrected chi connectivity index (χ0v) is 13.2. The fourth-order valence-corrected chi connectivity index (χ4v) is 1.88. The third kappa shape index (κ3) is 6.83. The Labute approximate surface area is 120 Å². The highest BCUT2D eigenvalue weighted by Crippen LogP contribution is 1.97. The predicted molar refractivity (Wildman–Crippen MR) is 76.3 cm³/mol. The molecule has 0 saturated heterocycles. The van der Waals surface area contributed by atoms with Crippen molar-refractivity contribution in [2.24, 2.45) is 11.7 Å². The average Bonchev–Trinajstić information content (AvgIpc) is 2.34. The van der Waals surface area contributed by atoms with Gasteiger partial charge in [0.2, 0.25) is 21.8 Å². The van der Waals surface area contributed by atoms with Gasteiger partial charge in [0.15, 0.2) is 0 Å². The molecule has 4 N–H and O–H groups in total. The number of hydrogen-bond acceptors (Lipinski definition) is 5. The van der Waals surface area contributed by atoms with Crippen LogP contribution in [0.4, 0.5) is 0 Å². The van der Waals surface area contributed by atoms with Crippen LogP contribution >= 0.6 is 0 Å². The summed E-state index contributed by atoms with van der Waals surface area (Å²) < 4.78 is 23.9. The zero-order chi connectivity index (χ0) is 15.9. The van der Waals surface area contributed by atoms with Crippen molar-refractivity contribution in [3.63, 3.8) is 0 Å². The van der Waals surface area contributed by atoms with Gasteiger partial charge in [0.05, 0.1) is 18.3 Å². The minimum atomic E-state index is -3.34. The van der Waals surface area contributed by atoms with Crippen molar-refractivity contribution in [1.29, 1.82) is 0 Å². The van der Waals surface area contributed by atoms with E-state index in [9.17, 15) is 18.0 Å². The van der Waals surface area contributed by atoms with E-state index in [0.29, 0.717) is 0 Å². The molecule has 0 unspecified atom stereocenters. The monoisotopic (exact) mass is 308 g/mol. The maximum absolute atomic E-state index is 11.5. The smallest absolute Gasteiger partial charge is 0.239 e. The Balaban J connectivity index is 4.00. The summed E-state index contributed by atoms with van der Waals surface area (Å²) in [6.45, 7) is 3.37. The number of nitrogens with one attached hydrogen (secondary N) is 2. The largest absolute Gasteiger partial charge is 0.353 e. The molecule has 0 aliphatic carbocycles. The van der Waals surface area contributed by atoms with Crippen molar-refractivity contribution in [3.8, 4) is 0 Å². The summed E-state index contributed by atoms with van der Waals surface area (Å²) in [5.74, 6) is -1.08. The summed E-state index contributed by atoms with van der Waals surface area (Å²) in [4.78, 5) is 22.9. The first-order valence-electron chi connectivity index (χ1n) is 6.28. The van der Waals surface area contributed by atoms with E-state index in [1.807, 2.05) is 0 Å². The van der Waals surface area contributed by atoms with Crippen LogP contribution in [0.25, 0.3) is 0 Å². The van der Waals surface area contributed by atoms with Crippen molar-refractivity contribution in [2.45, 2.75) is 19.9 Å². The highest BCUT2D eigenvalue weighted by atomic mass is 32.2. The Morgan fingerprint density at radius 1 is 1.20 bits per heavy atom. The van der Waals surface area contributed by atoms with Crippen LogP contribution in [0, 0.1) is 5.92 Å². The van der Waals surface area contributed by atoms with E-state index in [2.05, 4.69) is 10.6 Å². The van der Waals surface area contributed by atoms with E-state index in [0.717, 1.165) is 4.31 Å². The number of rotatable bonds is 8. The first-order chi connectivity index (χ1) is 9.08. The van der Waals surface area contributed by atoms with Gasteiger partial charge in [-0.1, -0.05) is 13.8 Å². The van der Waals surface area contributed by atoms with Gasteiger partial charge in [0.25, 0.3) is 0 Å². The second-order valence-corrected chi connectivity index (χ2v) is 7.24. The molecule has 0 aliphatic rings. The van der Waals surface area contributed by atoms with Crippen molar-refractivity contribution >= 4 is 21.8 Å². The lowest BCUT2D eigenvalue weighted by Gasteiger charge is -2.15. The molecule has 0 heterocycles. The first-order valence-corrected chi connectivity index (χ1v) is 7.89. The van der Waals surface area contributed by atoms with Crippen LogP contribution in [0.3, 0.4) is 0 Å². The molecule has 0 saturated carbocycles. The first kappa shape index (κ1) is 18.8. The lowest BCUT2D eigenvalue weighted by Crippen LogP contribution is -2.47. The second kappa shape index (κ2) is 8.18. The SMILES string of the molecule is CC(C)[C@H](N)C(=O)NCC(=O)NCCS(=O)(=O)N(C)C. The van der Waals surface area contributed by atoms with Gasteiger partial charge in [-0.3, -0.25) is 9.59 Å². The summed E-state index contributed by atoms with van der Waals surface area (Å²) in [5.41, 5.74) is 5.61. The Morgan fingerprint density at radius 3 is 2.20 bits per heavy atom. The summed E-state index contributed by atoms with van der Waals surface area (Å²) in [7, 11) is -0.496. The van der Waals surface area contributed by atoms with Crippen molar-refractivity contribution in [2.75, 3.05) is 32.9 Å². The lowest BCUT2D eigenvalue weighted by molar-refractivity contribution is -0.127. The summed E-state index contributed by atoms with van der Waals surface area (Å²) in [6, 6.07) is -0.670. The molecule has 9 heteroatoms. The number of nitrogens with zero attached hydrogens (tertiary/aromatic N) is 1. The van der Waals surface area contributed by atoms with Gasteiger partial charge in [-0.05, 0) is 5.92 Å². The topological polar surface area (TPSA) is 122 Å². The maximum Gasteiger partial charge on any atom is 0.239 e. The fraction of sp³-hybridized carbons (Fsp3) is 0.818. The molecular formula is C11H24N4O4S. The van der Waals surface area contributed by atoms with Crippen LogP contribution in [0.2, 0.25) is 0 Å². The molecule has 0 bridgehead atoms. The van der Waals surface area contributed by atoms with E-state index in [4.69, 9.17) is 5.73 Å². The van der Waals surface area contributed by atoms with E-state index >= 15 is 0 Å². The highest BCUT2D eigenvalue weighted by Gasteiger charge is 2.18. The number of carbonyl (C=O) groups is 2. The molecule has 8 nitrogen and oxygen atoms in total. The van der Waals surface area contributed by atoms with E-state index in [1.54, 1.807) is 13.8 Å². The average molecular weight is 308 g/mol. The Hall–Kier alpha value is -1.19. The van der Waals surface area contributed by atoms with E-state index in [-0.39, 0.29) is 24.8 Å². The van der Waals surface area contributed by atoms with Gasteiger partial charge in [0.1, 0.15) is 0 Å². The standard InChI is InChI=1S/C11H24N4O4S/c1-8(2)10(12)11(17)14-7-9(16)13-5-6-20(18,19)15(3)4/h8,10H,5-7,12H2,1-4H3,(H,13,16)(H,14,17)/t10-/m0/s1. The molecule has 2 amide bonds. The van der Waals surface area contributed by atoms with E-state index in [1.165, 1.54) is 14.1 Å². The molecule has 0 rings (SSSR count). The molecule has 0 fully saturated rings. The quantitative estimate of drug-likeness (QED) is 0.483. The van der Waals surface area contributed by atoms with Gasteiger partial charge < -0.3 is 16.4 Å². The number of hydrogen-bond donors (Lipinski definition) is 3. The zero-order valence-electron chi connectivity index (χ0n) is 12.3. The number of nitrogens with two attached hydrogens (primary N) is 1. The number of sulfonamides is 1. The van der Waals surface area contributed by atoms with Crippen LogP contribution in [0.5, 0.6) is 0 Å². The minimum absolute atomic E-state index is 0.00848. The molecular weight excluding hydrogens is 284 g/mol. The Kier molecular flexibility index (Phi) is 7.69. The molecule has 0 aromatic carbocycles. The van der Waals surface area contributed by atoms with E-state index < -0.39 is 27.9 Å². The van der Waals surface area contributed by atoms with Crippen LogP contribution in [-0.4, -0.2) is 63.5 Å². The highest BCUT2D eigenvalue weighted by molar-refractivity contribution is 7.89. The van der Waals surface area contributed by atoms with Crippen LogP contribution in [0.1, 0.15) is 13.8 Å². The van der Waals surface area contributed by atoms with Crippen molar-refractivity contribution in [3.05, 3.63) is 0 Å². The molecule has 20 heavy (non-hydrogen) atoms. The van der Waals surface area contributed by atoms with Gasteiger partial charge in [0, 0.05) is 20.6 Å². The number of carbonyl (C=O) groups excluding carboxylic acids is 2. The van der Waals surface area contributed by atoms with Gasteiger partial charge in [-0.2, -0.15) is 0 Å². The van der Waals surface area contributed by atoms with Gasteiger partial charge in [-0.25, -0.2) is 12.7 Å². The molecule has 0 aromatic heterocycles. The lowest BCUT2D eigenvalue weighted by atomic mass is 10.1. The predicted octanol–water partition coefficient (Wildman–Crippen LogP) is -1.91. The molecule has 1 atom stereocenters. The summed E-state index contributed by atoms with van der Waals surface area (Å²) >= 11 is 0. The summed E-state index contributed by atoms with van der Waals surface area (Å²) in [6.07, 6.45) is 0. The molecule has 0 spiro atoms. The van der Waals surface area contributed by atoms with Gasteiger partial charge in [-0.15, -0.1) is 0 Å². The minimum Gasteiger partial charge on any atom is -0.353 e. The van der Waals surface area contributed by atoms with Crippen LogP contribution < -0.4 is 16.4 Å². The maximum atomic E-state index is 11.5. The Morgan fingerprint density at radius 2 is 1.75 bits per heavy atom. The molecule has 0 aromatic rings. The van der Waals surface area contributed by atoms with Gasteiger partial charge >= 0.3 is 0 Å². The van der Waals surface area contributed by atoms with Crippen molar-refractivity contribution in [1.82, 2.24) is 14.9 Å². The van der Waals surface area contributed by atoms with Crippen molar-refractivity contribution < 1.29 is 18.0 Å². The third-order valence-corrected chi connectivity index (χ3v) is 4.52. The molecule has 0 aliphatic heterocycles. The Bertz CT molecular complexity index is 434. The molecule has 0 radical (unpaired) electrons. The van der Waals surface area contributed by atoms with Crippen LogP contribution in [0.15, 0.2) is 0 Å². The van der Waals surface area contributed by atoms with Crippen LogP contribution in [-0.2, 0) is 19.6 Å². The fourth-order valence-electron chi connectivity index (χ4n) is 1.15. The normalized spacial score (nSPS) is 13.3. The summed E-state index contributed by atoms with van der Waals surface area (Å²) in [5, 5.41) is 4.81. The molecule has 118 valence electrons. The third-order valence-electron chi connectivity index (χ3n) is 2.68. The second-order valence-electron chi connectivity index (χ2n) is 4.94.